The van der Waals surface area contributed by atoms with Crippen molar-refractivity contribution in [1.82, 2.24) is 5.32 Å². The van der Waals surface area contributed by atoms with Crippen LogP contribution in [-0.4, -0.2) is 11.0 Å². The molecule has 7 heteroatoms. The maximum absolute atomic E-state index is 12.6. The number of nitrogens with one attached hydrogen (secondary N) is 2. The Balaban J connectivity index is 1.37. The molecule has 0 aliphatic heterocycles. The number of rotatable bonds is 3. The van der Waals surface area contributed by atoms with E-state index in [0.717, 1.165) is 17.8 Å². The van der Waals surface area contributed by atoms with Crippen molar-refractivity contribution in [2.75, 3.05) is 5.32 Å². The van der Waals surface area contributed by atoms with Gasteiger partial charge in [-0.25, -0.2) is 0 Å². The molecule has 4 aliphatic rings. The van der Waals surface area contributed by atoms with Crippen LogP contribution >= 0.6 is 47.0 Å². The third kappa shape index (κ3) is 3.84. The molecule has 0 spiro atoms. The lowest BCUT2D eigenvalue weighted by molar-refractivity contribution is -0.127. The molecule has 5 rings (SSSR count). The van der Waals surface area contributed by atoms with E-state index in [-0.39, 0.29) is 16.4 Å². The predicted molar refractivity (Wildman–Crippen MR) is 111 cm³/mol. The molecular formula is C19H21Cl3N2OS. The minimum atomic E-state index is -0.0225. The summed E-state index contributed by atoms with van der Waals surface area (Å²) in [6.45, 7) is 0. The fourth-order valence-corrected chi connectivity index (χ4v) is 6.95. The molecule has 4 fully saturated rings. The lowest BCUT2D eigenvalue weighted by Gasteiger charge is -2.56. The molecule has 0 unspecified atom stereocenters. The Morgan fingerprint density at radius 3 is 2.04 bits per heavy atom. The summed E-state index contributed by atoms with van der Waals surface area (Å²) in [5, 5.41) is 7.11. The lowest BCUT2D eigenvalue weighted by Crippen LogP contribution is -2.48. The first-order chi connectivity index (χ1) is 12.3. The van der Waals surface area contributed by atoms with Crippen molar-refractivity contribution in [3.05, 3.63) is 27.2 Å². The average molecular weight is 432 g/mol. The van der Waals surface area contributed by atoms with Gasteiger partial charge in [-0.3, -0.25) is 4.79 Å². The number of carbonyl (C=O) groups is 1. The van der Waals surface area contributed by atoms with Crippen LogP contribution < -0.4 is 10.6 Å². The van der Waals surface area contributed by atoms with Gasteiger partial charge in [-0.05, 0) is 86.0 Å². The van der Waals surface area contributed by atoms with E-state index >= 15 is 0 Å². The van der Waals surface area contributed by atoms with Crippen molar-refractivity contribution < 1.29 is 4.79 Å². The summed E-state index contributed by atoms with van der Waals surface area (Å²) in [6, 6.07) is 3.16. The van der Waals surface area contributed by atoms with E-state index in [4.69, 9.17) is 47.0 Å². The highest BCUT2D eigenvalue weighted by molar-refractivity contribution is 7.80. The van der Waals surface area contributed by atoms with Crippen LogP contribution in [0.3, 0.4) is 0 Å². The molecule has 1 aromatic carbocycles. The van der Waals surface area contributed by atoms with Crippen LogP contribution in [0.15, 0.2) is 12.1 Å². The van der Waals surface area contributed by atoms with Crippen LogP contribution in [0.5, 0.6) is 0 Å². The van der Waals surface area contributed by atoms with E-state index in [1.807, 2.05) is 0 Å². The number of hydrogen-bond acceptors (Lipinski definition) is 2. The molecule has 4 bridgehead atoms. The second kappa shape index (κ2) is 7.12. The number of hydrogen-bond donors (Lipinski definition) is 2. The van der Waals surface area contributed by atoms with E-state index in [0.29, 0.717) is 27.2 Å². The standard InChI is InChI=1S/C19H21Cl3N2OS/c20-13-4-14(21)17(15(22)5-13)24-18(26)23-16(25)9-19-6-10-1-11(7-19)3-12(2-10)8-19/h4-5,10-12H,1-3,6-9H2,(H2,23,24,25,26). The van der Waals surface area contributed by atoms with Gasteiger partial charge < -0.3 is 10.6 Å². The second-order valence-corrected chi connectivity index (χ2v) is 10.0. The summed E-state index contributed by atoms with van der Waals surface area (Å²) in [5.74, 6) is 2.45. The fraction of sp³-hybridized carbons (Fsp3) is 0.579. The molecule has 0 radical (unpaired) electrons. The van der Waals surface area contributed by atoms with Gasteiger partial charge in [0.05, 0.1) is 15.7 Å². The molecule has 0 atom stereocenters. The zero-order chi connectivity index (χ0) is 18.5. The van der Waals surface area contributed by atoms with Crippen molar-refractivity contribution in [2.24, 2.45) is 23.2 Å². The van der Waals surface area contributed by atoms with Crippen LogP contribution in [0.25, 0.3) is 0 Å². The average Bonchev–Trinajstić information content (AvgIpc) is 2.48. The Hall–Kier alpha value is -0.550. The van der Waals surface area contributed by atoms with Gasteiger partial charge in [-0.2, -0.15) is 0 Å². The molecule has 26 heavy (non-hydrogen) atoms. The number of anilines is 1. The number of benzene rings is 1. The molecule has 2 N–H and O–H groups in total. The smallest absolute Gasteiger partial charge is 0.226 e. The zero-order valence-corrected chi connectivity index (χ0v) is 17.4. The molecule has 0 heterocycles. The summed E-state index contributed by atoms with van der Waals surface area (Å²) in [5.41, 5.74) is 0.641. The van der Waals surface area contributed by atoms with Crippen LogP contribution in [0.4, 0.5) is 5.69 Å². The second-order valence-electron chi connectivity index (χ2n) is 8.34. The third-order valence-corrected chi connectivity index (χ3v) is 7.22. The van der Waals surface area contributed by atoms with Crippen LogP contribution in [0.2, 0.25) is 15.1 Å². The molecule has 4 aliphatic carbocycles. The molecule has 0 aromatic heterocycles. The SMILES string of the molecule is O=C(CC12CC3CC(CC(C3)C1)C2)NC(=S)Nc1c(Cl)cc(Cl)cc1Cl. The minimum absolute atomic E-state index is 0.0225. The normalized spacial score (nSPS) is 31.7. The third-order valence-electron chi connectivity index (χ3n) is 6.20. The molecule has 1 amide bonds. The summed E-state index contributed by atoms with van der Waals surface area (Å²) in [4.78, 5) is 12.6. The Morgan fingerprint density at radius 1 is 1.04 bits per heavy atom. The van der Waals surface area contributed by atoms with E-state index in [9.17, 15) is 4.79 Å². The van der Waals surface area contributed by atoms with E-state index in [2.05, 4.69) is 10.6 Å². The van der Waals surface area contributed by atoms with Gasteiger partial charge in [0.15, 0.2) is 5.11 Å². The highest BCUT2D eigenvalue weighted by Crippen LogP contribution is 2.61. The molecule has 3 nitrogen and oxygen atoms in total. The molecule has 4 saturated carbocycles. The largest absolute Gasteiger partial charge is 0.330 e. The summed E-state index contributed by atoms with van der Waals surface area (Å²) >= 11 is 23.5. The van der Waals surface area contributed by atoms with Crippen molar-refractivity contribution in [1.29, 1.82) is 0 Å². The number of amides is 1. The van der Waals surface area contributed by atoms with Gasteiger partial charge in [0, 0.05) is 11.4 Å². The number of thiocarbonyl (C=S) groups is 1. The number of carbonyl (C=O) groups excluding carboxylic acids is 1. The molecular weight excluding hydrogens is 411 g/mol. The maximum atomic E-state index is 12.6. The van der Waals surface area contributed by atoms with Crippen LogP contribution in [0.1, 0.15) is 44.9 Å². The van der Waals surface area contributed by atoms with Crippen molar-refractivity contribution in [2.45, 2.75) is 44.9 Å². The van der Waals surface area contributed by atoms with Gasteiger partial charge in [-0.1, -0.05) is 34.8 Å². The Kier molecular flexibility index (Phi) is 5.15. The van der Waals surface area contributed by atoms with Crippen molar-refractivity contribution >= 4 is 63.7 Å². The van der Waals surface area contributed by atoms with Crippen LogP contribution in [0, 0.1) is 23.2 Å². The Bertz CT molecular complexity index is 709. The van der Waals surface area contributed by atoms with E-state index < -0.39 is 0 Å². The van der Waals surface area contributed by atoms with Gasteiger partial charge in [0.2, 0.25) is 5.91 Å². The highest BCUT2D eigenvalue weighted by atomic mass is 35.5. The zero-order valence-electron chi connectivity index (χ0n) is 14.3. The molecule has 0 saturated heterocycles. The van der Waals surface area contributed by atoms with Gasteiger partial charge >= 0.3 is 0 Å². The topological polar surface area (TPSA) is 41.1 Å². The van der Waals surface area contributed by atoms with E-state index in [1.165, 1.54) is 38.5 Å². The van der Waals surface area contributed by atoms with Gasteiger partial charge in [0.25, 0.3) is 0 Å². The van der Waals surface area contributed by atoms with Crippen molar-refractivity contribution in [3.63, 3.8) is 0 Å². The Labute approximate surface area is 174 Å². The maximum Gasteiger partial charge on any atom is 0.226 e. The first-order valence-electron chi connectivity index (χ1n) is 9.07. The summed E-state index contributed by atoms with van der Waals surface area (Å²) in [6.07, 6.45) is 8.25. The quantitative estimate of drug-likeness (QED) is 0.571. The molecule has 140 valence electrons. The summed E-state index contributed by atoms with van der Waals surface area (Å²) in [7, 11) is 0. The van der Waals surface area contributed by atoms with Crippen LogP contribution in [-0.2, 0) is 4.79 Å². The summed E-state index contributed by atoms with van der Waals surface area (Å²) < 4.78 is 0. The van der Waals surface area contributed by atoms with E-state index in [1.54, 1.807) is 12.1 Å². The highest BCUT2D eigenvalue weighted by Gasteiger charge is 2.51. The first-order valence-corrected chi connectivity index (χ1v) is 10.6. The predicted octanol–water partition coefficient (Wildman–Crippen LogP) is 6.07. The fourth-order valence-electron chi connectivity index (χ4n) is 5.82. The monoisotopic (exact) mass is 430 g/mol. The lowest BCUT2D eigenvalue weighted by atomic mass is 9.49. The number of halogens is 3. The van der Waals surface area contributed by atoms with Crippen molar-refractivity contribution in [3.8, 4) is 0 Å². The first kappa shape index (κ1) is 18.8. The van der Waals surface area contributed by atoms with Gasteiger partial charge in [0.1, 0.15) is 0 Å². The van der Waals surface area contributed by atoms with Gasteiger partial charge in [-0.15, -0.1) is 0 Å². The minimum Gasteiger partial charge on any atom is -0.330 e. The molecule has 1 aromatic rings. The Morgan fingerprint density at radius 2 is 1.54 bits per heavy atom.